The lowest BCUT2D eigenvalue weighted by molar-refractivity contribution is -0.121. The summed E-state index contributed by atoms with van der Waals surface area (Å²) in [7, 11) is 0. The van der Waals surface area contributed by atoms with E-state index in [1.807, 2.05) is 12.1 Å². The van der Waals surface area contributed by atoms with Gasteiger partial charge in [0.05, 0.1) is 0 Å². The van der Waals surface area contributed by atoms with Crippen molar-refractivity contribution in [2.75, 3.05) is 11.9 Å². The van der Waals surface area contributed by atoms with E-state index in [1.54, 1.807) is 0 Å². The zero-order chi connectivity index (χ0) is 13.8. The maximum atomic E-state index is 11.5. The van der Waals surface area contributed by atoms with E-state index in [0.717, 1.165) is 31.5 Å². The van der Waals surface area contributed by atoms with Gasteiger partial charge in [-0.15, -0.1) is 0 Å². The Morgan fingerprint density at radius 2 is 1.90 bits per heavy atom. The fourth-order valence-corrected chi connectivity index (χ4v) is 2.31. The summed E-state index contributed by atoms with van der Waals surface area (Å²) in [5.74, 6) is 0.188. The molecular weight excluding hydrogens is 248 g/mol. The van der Waals surface area contributed by atoms with Gasteiger partial charge < -0.3 is 10.6 Å². The fraction of sp³-hybridized carbons (Fsp3) is 0.353. The molecule has 2 aromatic rings. The molecule has 1 amide bonds. The van der Waals surface area contributed by atoms with Gasteiger partial charge in [-0.2, -0.15) is 0 Å². The molecule has 1 saturated carbocycles. The minimum Gasteiger partial charge on any atom is -0.385 e. The highest BCUT2D eigenvalue weighted by Gasteiger charge is 2.22. The first-order valence-electron chi connectivity index (χ1n) is 7.33. The number of amides is 1. The van der Waals surface area contributed by atoms with Crippen molar-refractivity contribution in [2.45, 2.75) is 31.7 Å². The average molecular weight is 268 g/mol. The van der Waals surface area contributed by atoms with Crippen molar-refractivity contribution in [1.29, 1.82) is 0 Å². The van der Waals surface area contributed by atoms with E-state index >= 15 is 0 Å². The molecule has 0 saturated heterocycles. The highest BCUT2D eigenvalue weighted by molar-refractivity contribution is 5.85. The summed E-state index contributed by atoms with van der Waals surface area (Å²) in [6, 6.07) is 15.2. The van der Waals surface area contributed by atoms with Crippen LogP contribution in [0.5, 0.6) is 0 Å². The molecule has 3 nitrogen and oxygen atoms in total. The molecule has 0 heterocycles. The smallest absolute Gasteiger partial charge is 0.220 e. The molecule has 0 unspecified atom stereocenters. The zero-order valence-electron chi connectivity index (χ0n) is 11.6. The number of benzene rings is 2. The van der Waals surface area contributed by atoms with E-state index in [2.05, 4.69) is 41.0 Å². The van der Waals surface area contributed by atoms with Crippen LogP contribution in [0.15, 0.2) is 42.5 Å². The van der Waals surface area contributed by atoms with Gasteiger partial charge in [0.1, 0.15) is 0 Å². The van der Waals surface area contributed by atoms with E-state index in [9.17, 15) is 4.79 Å². The third-order valence-electron chi connectivity index (χ3n) is 3.60. The SMILES string of the molecule is O=C(CCCNc1ccc2ccccc2c1)NC1CC1. The maximum absolute atomic E-state index is 11.5. The molecule has 0 spiro atoms. The molecule has 3 rings (SSSR count). The van der Waals surface area contributed by atoms with E-state index in [1.165, 1.54) is 10.8 Å². The van der Waals surface area contributed by atoms with E-state index in [0.29, 0.717) is 12.5 Å². The Morgan fingerprint density at radius 1 is 1.10 bits per heavy atom. The highest BCUT2D eigenvalue weighted by atomic mass is 16.1. The van der Waals surface area contributed by atoms with Gasteiger partial charge in [-0.3, -0.25) is 4.79 Å². The second kappa shape index (κ2) is 5.95. The Bertz CT molecular complexity index is 605. The Hall–Kier alpha value is -2.03. The van der Waals surface area contributed by atoms with Crippen LogP contribution in [-0.4, -0.2) is 18.5 Å². The quantitative estimate of drug-likeness (QED) is 0.789. The second-order valence-electron chi connectivity index (χ2n) is 5.43. The molecule has 1 aliphatic rings. The summed E-state index contributed by atoms with van der Waals surface area (Å²) >= 11 is 0. The van der Waals surface area contributed by atoms with Crippen molar-refractivity contribution >= 4 is 22.4 Å². The number of hydrogen-bond acceptors (Lipinski definition) is 2. The molecule has 2 N–H and O–H groups in total. The Morgan fingerprint density at radius 3 is 2.70 bits per heavy atom. The van der Waals surface area contributed by atoms with Gasteiger partial charge in [0, 0.05) is 24.7 Å². The monoisotopic (exact) mass is 268 g/mol. The molecule has 0 atom stereocenters. The van der Waals surface area contributed by atoms with Crippen LogP contribution in [0.25, 0.3) is 10.8 Å². The molecule has 0 aliphatic heterocycles. The number of anilines is 1. The predicted octanol–water partition coefficient (Wildman–Crippen LogP) is 3.31. The van der Waals surface area contributed by atoms with Gasteiger partial charge in [-0.1, -0.05) is 30.3 Å². The summed E-state index contributed by atoms with van der Waals surface area (Å²) in [4.78, 5) is 11.5. The van der Waals surface area contributed by atoms with Crippen LogP contribution in [0.4, 0.5) is 5.69 Å². The number of hydrogen-bond donors (Lipinski definition) is 2. The van der Waals surface area contributed by atoms with Crippen molar-refractivity contribution in [1.82, 2.24) is 5.32 Å². The minimum atomic E-state index is 0.188. The van der Waals surface area contributed by atoms with Crippen LogP contribution < -0.4 is 10.6 Å². The van der Waals surface area contributed by atoms with Crippen LogP contribution in [0.1, 0.15) is 25.7 Å². The summed E-state index contributed by atoms with van der Waals surface area (Å²) in [5, 5.41) is 8.88. The topological polar surface area (TPSA) is 41.1 Å². The third-order valence-corrected chi connectivity index (χ3v) is 3.60. The molecular formula is C17H20N2O. The lowest BCUT2D eigenvalue weighted by atomic mass is 10.1. The van der Waals surface area contributed by atoms with Crippen molar-refractivity contribution in [3.63, 3.8) is 0 Å². The number of fused-ring (bicyclic) bond motifs is 1. The van der Waals surface area contributed by atoms with E-state index in [-0.39, 0.29) is 5.91 Å². The van der Waals surface area contributed by atoms with Crippen molar-refractivity contribution in [2.24, 2.45) is 0 Å². The lowest BCUT2D eigenvalue weighted by Gasteiger charge is -2.08. The molecule has 1 aliphatic carbocycles. The summed E-state index contributed by atoms with van der Waals surface area (Å²) in [6.45, 7) is 0.830. The first kappa shape index (κ1) is 13.0. The summed E-state index contributed by atoms with van der Waals surface area (Å²) < 4.78 is 0. The number of carbonyl (C=O) groups is 1. The number of rotatable bonds is 6. The zero-order valence-corrected chi connectivity index (χ0v) is 11.6. The van der Waals surface area contributed by atoms with Crippen LogP contribution in [-0.2, 0) is 4.79 Å². The number of nitrogens with one attached hydrogen (secondary N) is 2. The van der Waals surface area contributed by atoms with Crippen LogP contribution in [0.2, 0.25) is 0 Å². The molecule has 1 fully saturated rings. The fourth-order valence-electron chi connectivity index (χ4n) is 2.31. The molecule has 3 heteroatoms. The Labute approximate surface area is 119 Å². The molecule has 104 valence electrons. The largest absolute Gasteiger partial charge is 0.385 e. The predicted molar refractivity (Wildman–Crippen MR) is 82.8 cm³/mol. The summed E-state index contributed by atoms with van der Waals surface area (Å²) in [5.41, 5.74) is 1.12. The molecule has 20 heavy (non-hydrogen) atoms. The Kier molecular flexibility index (Phi) is 3.86. The van der Waals surface area contributed by atoms with Gasteiger partial charge in [-0.05, 0) is 42.2 Å². The first-order valence-corrected chi connectivity index (χ1v) is 7.33. The molecule has 0 radical (unpaired) electrons. The van der Waals surface area contributed by atoms with Crippen molar-refractivity contribution in [3.8, 4) is 0 Å². The van der Waals surface area contributed by atoms with Gasteiger partial charge >= 0.3 is 0 Å². The summed E-state index contributed by atoms with van der Waals surface area (Å²) in [6.07, 6.45) is 3.78. The standard InChI is InChI=1S/C17H20N2O/c20-17(19-15-9-10-15)6-3-11-18-16-8-7-13-4-1-2-5-14(13)12-16/h1-2,4-5,7-8,12,15,18H,3,6,9-11H2,(H,19,20). The van der Waals surface area contributed by atoms with Gasteiger partial charge in [0.2, 0.25) is 5.91 Å². The second-order valence-corrected chi connectivity index (χ2v) is 5.43. The molecule has 2 aromatic carbocycles. The van der Waals surface area contributed by atoms with Crippen LogP contribution in [0.3, 0.4) is 0 Å². The Balaban J connectivity index is 1.45. The van der Waals surface area contributed by atoms with Gasteiger partial charge in [-0.25, -0.2) is 0 Å². The maximum Gasteiger partial charge on any atom is 0.220 e. The van der Waals surface area contributed by atoms with Crippen LogP contribution in [0, 0.1) is 0 Å². The van der Waals surface area contributed by atoms with Gasteiger partial charge in [0.25, 0.3) is 0 Å². The third kappa shape index (κ3) is 3.50. The molecule has 0 aromatic heterocycles. The van der Waals surface area contributed by atoms with Crippen molar-refractivity contribution in [3.05, 3.63) is 42.5 Å². The van der Waals surface area contributed by atoms with Crippen LogP contribution >= 0.6 is 0 Å². The van der Waals surface area contributed by atoms with Crippen molar-refractivity contribution < 1.29 is 4.79 Å². The average Bonchev–Trinajstić information content (AvgIpc) is 3.27. The highest BCUT2D eigenvalue weighted by Crippen LogP contribution is 2.19. The minimum absolute atomic E-state index is 0.188. The van der Waals surface area contributed by atoms with Gasteiger partial charge in [0.15, 0.2) is 0 Å². The molecule has 0 bridgehead atoms. The van der Waals surface area contributed by atoms with E-state index < -0.39 is 0 Å². The normalized spacial score (nSPS) is 14.2. The lowest BCUT2D eigenvalue weighted by Crippen LogP contribution is -2.25. The first-order chi connectivity index (χ1) is 9.81. The number of carbonyl (C=O) groups excluding carboxylic acids is 1. The van der Waals surface area contributed by atoms with E-state index in [4.69, 9.17) is 0 Å².